The molecule has 0 unspecified atom stereocenters. The summed E-state index contributed by atoms with van der Waals surface area (Å²) in [7, 11) is 1.27. The number of carbonyl (C=O) groups excluding carboxylic acids is 2. The van der Waals surface area contributed by atoms with Gasteiger partial charge in [0.2, 0.25) is 0 Å². The average molecular weight is 450 g/mol. The summed E-state index contributed by atoms with van der Waals surface area (Å²) in [5.41, 5.74) is 4.63. The maximum Gasteiger partial charge on any atom is 0.337 e. The average Bonchev–Trinajstić information content (AvgIpc) is 3.53. The van der Waals surface area contributed by atoms with E-state index in [1.54, 1.807) is 16.8 Å². The zero-order chi connectivity index (χ0) is 23.5. The molecule has 1 amide bonds. The number of aromatic nitrogens is 4. The summed E-state index contributed by atoms with van der Waals surface area (Å²) in [5, 5.41) is 21.4. The smallest absolute Gasteiger partial charge is 0.337 e. The molecule has 0 fully saturated rings. The number of esters is 1. The Hall–Kier alpha value is -3.92. The number of carbonyl (C=O) groups is 2. The standard InChI is InChI=1S/C23H26N6O4/c1-4-28-14-18(15(2)25-28)20-9-10-29(26-20)17-7-5-16(6-8-17)24-21-19(23(32)33-3)13-27(11-12-30)22(21)31/h5-10,14,24,30H,4,11-13H2,1-3H3. The first kappa shape index (κ1) is 22.3. The van der Waals surface area contributed by atoms with Gasteiger partial charge in [0.25, 0.3) is 5.91 Å². The van der Waals surface area contributed by atoms with Crippen LogP contribution in [0.15, 0.2) is 54.0 Å². The van der Waals surface area contributed by atoms with Crippen molar-refractivity contribution in [2.45, 2.75) is 20.4 Å². The first-order valence-electron chi connectivity index (χ1n) is 10.6. The molecule has 33 heavy (non-hydrogen) atoms. The lowest BCUT2D eigenvalue weighted by molar-refractivity contribution is -0.136. The fourth-order valence-electron chi connectivity index (χ4n) is 3.73. The summed E-state index contributed by atoms with van der Waals surface area (Å²) in [4.78, 5) is 26.2. The SMILES string of the molecule is CCn1cc(-c2ccn(-c3ccc(NC4=C(C(=O)OC)CN(CCO)C4=O)cc3)n2)c(C)n1. The highest BCUT2D eigenvalue weighted by Gasteiger charge is 2.34. The van der Waals surface area contributed by atoms with Gasteiger partial charge in [0.15, 0.2) is 0 Å². The highest BCUT2D eigenvalue weighted by atomic mass is 16.5. The number of ether oxygens (including phenoxy) is 1. The predicted molar refractivity (Wildman–Crippen MR) is 122 cm³/mol. The van der Waals surface area contributed by atoms with E-state index in [1.165, 1.54) is 12.0 Å². The summed E-state index contributed by atoms with van der Waals surface area (Å²) < 4.78 is 8.46. The first-order chi connectivity index (χ1) is 15.9. The van der Waals surface area contributed by atoms with Gasteiger partial charge in [-0.15, -0.1) is 0 Å². The molecule has 1 aliphatic rings. The number of nitrogens with zero attached hydrogens (tertiary/aromatic N) is 5. The van der Waals surface area contributed by atoms with Crippen LogP contribution < -0.4 is 5.32 Å². The zero-order valence-electron chi connectivity index (χ0n) is 18.8. The van der Waals surface area contributed by atoms with Crippen molar-refractivity contribution in [3.8, 4) is 16.9 Å². The molecule has 172 valence electrons. The number of rotatable bonds is 8. The molecule has 3 heterocycles. The number of amides is 1. The molecule has 2 N–H and O–H groups in total. The van der Waals surface area contributed by atoms with Crippen LogP contribution in [0.1, 0.15) is 12.6 Å². The molecule has 0 atom stereocenters. The lowest BCUT2D eigenvalue weighted by atomic mass is 10.2. The Bertz CT molecular complexity index is 1210. The lowest BCUT2D eigenvalue weighted by Crippen LogP contribution is -2.31. The van der Waals surface area contributed by atoms with E-state index in [1.807, 2.05) is 49.1 Å². The van der Waals surface area contributed by atoms with E-state index in [2.05, 4.69) is 15.5 Å². The van der Waals surface area contributed by atoms with Crippen molar-refractivity contribution in [2.24, 2.45) is 0 Å². The van der Waals surface area contributed by atoms with E-state index in [0.29, 0.717) is 5.69 Å². The van der Waals surface area contributed by atoms with Gasteiger partial charge in [-0.05, 0) is 44.2 Å². The van der Waals surface area contributed by atoms with Crippen LogP contribution in [0.5, 0.6) is 0 Å². The van der Waals surface area contributed by atoms with Crippen LogP contribution in [0.4, 0.5) is 5.69 Å². The van der Waals surface area contributed by atoms with E-state index >= 15 is 0 Å². The van der Waals surface area contributed by atoms with E-state index < -0.39 is 5.97 Å². The van der Waals surface area contributed by atoms with Crippen LogP contribution in [-0.4, -0.2) is 68.3 Å². The molecule has 0 saturated carbocycles. The van der Waals surface area contributed by atoms with Crippen molar-refractivity contribution in [3.05, 3.63) is 59.7 Å². The highest BCUT2D eigenvalue weighted by molar-refractivity contribution is 6.08. The monoisotopic (exact) mass is 450 g/mol. The quantitative estimate of drug-likeness (QED) is 0.503. The summed E-state index contributed by atoms with van der Waals surface area (Å²) in [6.07, 6.45) is 3.87. The van der Waals surface area contributed by atoms with Crippen LogP contribution in [0.25, 0.3) is 16.9 Å². The number of anilines is 1. The Morgan fingerprint density at radius 2 is 1.97 bits per heavy atom. The third-order valence-corrected chi connectivity index (χ3v) is 5.49. The number of aryl methyl sites for hydroxylation is 2. The summed E-state index contributed by atoms with van der Waals surface area (Å²) in [6.45, 7) is 4.84. The largest absolute Gasteiger partial charge is 0.466 e. The van der Waals surface area contributed by atoms with Gasteiger partial charge >= 0.3 is 5.97 Å². The molecule has 0 aliphatic carbocycles. The molecule has 10 heteroatoms. The number of aliphatic hydroxyl groups is 1. The molecule has 2 aromatic heterocycles. The second-order valence-corrected chi connectivity index (χ2v) is 7.60. The highest BCUT2D eigenvalue weighted by Crippen LogP contribution is 2.25. The number of methoxy groups -OCH3 is 1. The first-order valence-corrected chi connectivity index (χ1v) is 10.6. The number of nitrogens with one attached hydrogen (secondary N) is 1. The van der Waals surface area contributed by atoms with Gasteiger partial charge in [-0.3, -0.25) is 9.48 Å². The molecule has 1 aliphatic heterocycles. The molecule has 10 nitrogen and oxygen atoms in total. The van der Waals surface area contributed by atoms with E-state index in [9.17, 15) is 14.7 Å². The van der Waals surface area contributed by atoms with Gasteiger partial charge in [-0.1, -0.05) is 0 Å². The van der Waals surface area contributed by atoms with E-state index in [0.717, 1.165) is 29.2 Å². The van der Waals surface area contributed by atoms with Crippen LogP contribution in [0.3, 0.4) is 0 Å². The second-order valence-electron chi connectivity index (χ2n) is 7.60. The second kappa shape index (κ2) is 9.29. The Labute approximate surface area is 191 Å². The Morgan fingerprint density at radius 3 is 2.61 bits per heavy atom. The van der Waals surface area contributed by atoms with Crippen molar-refractivity contribution in [3.63, 3.8) is 0 Å². The summed E-state index contributed by atoms with van der Waals surface area (Å²) in [5.74, 6) is -0.929. The number of hydrogen-bond acceptors (Lipinski definition) is 7. The van der Waals surface area contributed by atoms with Crippen molar-refractivity contribution >= 4 is 17.6 Å². The molecule has 4 rings (SSSR count). The Balaban J connectivity index is 1.54. The Morgan fingerprint density at radius 1 is 1.21 bits per heavy atom. The minimum absolute atomic E-state index is 0.0938. The van der Waals surface area contributed by atoms with Crippen molar-refractivity contribution in [1.29, 1.82) is 0 Å². The number of β-amino-alcohol motifs (C(OH)–C–C–N with tert-alkyl or cyclic N) is 1. The van der Waals surface area contributed by atoms with Gasteiger partial charge in [0.1, 0.15) is 5.70 Å². The molecular weight excluding hydrogens is 424 g/mol. The van der Waals surface area contributed by atoms with Crippen LogP contribution in [-0.2, 0) is 20.9 Å². The molecule has 0 spiro atoms. The number of aliphatic hydroxyl groups excluding tert-OH is 1. The van der Waals surface area contributed by atoms with Gasteiger partial charge in [-0.25, -0.2) is 9.48 Å². The maximum absolute atomic E-state index is 12.7. The van der Waals surface area contributed by atoms with Crippen molar-refractivity contribution < 1.29 is 19.4 Å². The molecule has 1 aromatic carbocycles. The van der Waals surface area contributed by atoms with Crippen molar-refractivity contribution in [1.82, 2.24) is 24.5 Å². The van der Waals surface area contributed by atoms with E-state index in [4.69, 9.17) is 4.74 Å². The molecule has 3 aromatic rings. The molecule has 0 radical (unpaired) electrons. The minimum Gasteiger partial charge on any atom is -0.466 e. The third-order valence-electron chi connectivity index (χ3n) is 5.49. The number of hydrogen-bond donors (Lipinski definition) is 2. The number of benzene rings is 1. The predicted octanol–water partition coefficient (Wildman–Crippen LogP) is 1.74. The maximum atomic E-state index is 12.7. The van der Waals surface area contributed by atoms with Gasteiger partial charge in [-0.2, -0.15) is 10.2 Å². The van der Waals surface area contributed by atoms with Crippen LogP contribution in [0, 0.1) is 6.92 Å². The van der Waals surface area contributed by atoms with Crippen molar-refractivity contribution in [2.75, 3.05) is 32.1 Å². The molecule has 0 bridgehead atoms. The summed E-state index contributed by atoms with van der Waals surface area (Å²) in [6, 6.07) is 9.29. The summed E-state index contributed by atoms with van der Waals surface area (Å²) >= 11 is 0. The normalized spacial score (nSPS) is 13.7. The molecular formula is C23H26N6O4. The van der Waals surface area contributed by atoms with E-state index in [-0.39, 0.29) is 36.9 Å². The lowest BCUT2D eigenvalue weighted by Gasteiger charge is -2.15. The fraction of sp³-hybridized carbons (Fsp3) is 0.304. The minimum atomic E-state index is -0.575. The zero-order valence-corrected chi connectivity index (χ0v) is 18.8. The topological polar surface area (TPSA) is 115 Å². The fourth-order valence-corrected chi connectivity index (χ4v) is 3.73. The Kier molecular flexibility index (Phi) is 6.27. The van der Waals surface area contributed by atoms with Crippen LogP contribution >= 0.6 is 0 Å². The van der Waals surface area contributed by atoms with Gasteiger partial charge in [0, 0.05) is 36.7 Å². The van der Waals surface area contributed by atoms with Crippen LogP contribution in [0.2, 0.25) is 0 Å². The van der Waals surface area contributed by atoms with Gasteiger partial charge < -0.3 is 20.1 Å². The van der Waals surface area contributed by atoms with Gasteiger partial charge in [0.05, 0.1) is 42.9 Å². The molecule has 0 saturated heterocycles. The third kappa shape index (κ3) is 4.37.